The first kappa shape index (κ1) is 14.5. The lowest BCUT2D eigenvalue weighted by Gasteiger charge is -2.24. The molecule has 0 saturated carbocycles. The summed E-state index contributed by atoms with van der Waals surface area (Å²) >= 11 is 3.22. The van der Waals surface area contributed by atoms with E-state index in [-0.39, 0.29) is 0 Å². The fraction of sp³-hybridized carbons (Fsp3) is 0.417. The van der Waals surface area contributed by atoms with Gasteiger partial charge in [0.15, 0.2) is 5.78 Å². The van der Waals surface area contributed by atoms with Gasteiger partial charge in [-0.15, -0.1) is 0 Å². The summed E-state index contributed by atoms with van der Waals surface area (Å²) in [5.74, 6) is -0.487. The number of hydrogen-bond donors (Lipinski definition) is 2. The number of ketones is 1. The highest BCUT2D eigenvalue weighted by Crippen LogP contribution is 2.27. The van der Waals surface area contributed by atoms with Gasteiger partial charge in [-0.3, -0.25) is 15.4 Å². The number of benzene rings is 1. The predicted molar refractivity (Wildman–Crippen MR) is 65.5 cm³/mol. The molecule has 1 heterocycles. The van der Waals surface area contributed by atoms with Crippen LogP contribution in [0.3, 0.4) is 0 Å². The minimum Gasteiger partial charge on any atom is -0.294 e. The lowest BCUT2D eigenvalue weighted by molar-refractivity contribution is -0.911. The molecular formula is C12H14BrF3N2O+2. The molecule has 0 aromatic heterocycles. The molecule has 3 nitrogen and oxygen atoms in total. The molecule has 19 heavy (non-hydrogen) atoms. The molecule has 1 aliphatic heterocycles. The average molecular weight is 339 g/mol. The van der Waals surface area contributed by atoms with Crippen LogP contribution in [-0.2, 0) is 0 Å². The van der Waals surface area contributed by atoms with Gasteiger partial charge in [0, 0.05) is 10.0 Å². The van der Waals surface area contributed by atoms with Crippen molar-refractivity contribution in [1.82, 2.24) is 0 Å². The minimum absolute atomic E-state index is 0.306. The van der Waals surface area contributed by atoms with Crippen LogP contribution in [0.2, 0.25) is 0 Å². The van der Waals surface area contributed by atoms with Crippen LogP contribution in [0.25, 0.3) is 0 Å². The quantitative estimate of drug-likeness (QED) is 0.771. The van der Waals surface area contributed by atoms with Crippen LogP contribution in [0, 0.1) is 0 Å². The van der Waals surface area contributed by atoms with E-state index in [4.69, 9.17) is 0 Å². The molecule has 1 aromatic carbocycles. The van der Waals surface area contributed by atoms with Crippen LogP contribution < -0.4 is 10.6 Å². The highest BCUT2D eigenvalue weighted by molar-refractivity contribution is 9.10. The lowest BCUT2D eigenvalue weighted by Crippen LogP contribution is -3.15. The molecule has 0 unspecified atom stereocenters. The number of carbonyl (C=O) groups is 1. The van der Waals surface area contributed by atoms with Crippen molar-refractivity contribution < 1.29 is 28.6 Å². The van der Waals surface area contributed by atoms with Gasteiger partial charge in [0.25, 0.3) is 0 Å². The monoisotopic (exact) mass is 338 g/mol. The van der Waals surface area contributed by atoms with Gasteiger partial charge in [0.05, 0.1) is 0 Å². The molecule has 0 radical (unpaired) electrons. The van der Waals surface area contributed by atoms with Crippen LogP contribution in [0.5, 0.6) is 0 Å². The van der Waals surface area contributed by atoms with Crippen molar-refractivity contribution in [1.29, 1.82) is 0 Å². The standard InChI is InChI=1S/C12H12BrF3N2O/c13-9-3-1-8(2-4-9)10(19)7-11(12(14,15)16)17-5-6-18-11/h1-4,17-18H,5-7H2/p+2. The number of rotatable bonds is 3. The molecule has 0 spiro atoms. The van der Waals surface area contributed by atoms with Crippen molar-refractivity contribution in [3.63, 3.8) is 0 Å². The zero-order valence-electron chi connectivity index (χ0n) is 10.0. The Morgan fingerprint density at radius 3 is 2.21 bits per heavy atom. The maximum Gasteiger partial charge on any atom is 0.503 e. The average Bonchev–Trinajstić information content (AvgIpc) is 2.79. The predicted octanol–water partition coefficient (Wildman–Crippen LogP) is 0.421. The van der Waals surface area contributed by atoms with E-state index >= 15 is 0 Å². The van der Waals surface area contributed by atoms with Crippen molar-refractivity contribution in [2.24, 2.45) is 0 Å². The minimum atomic E-state index is -4.41. The largest absolute Gasteiger partial charge is 0.503 e. The number of quaternary nitrogens is 2. The maximum absolute atomic E-state index is 13.1. The zero-order chi connectivity index (χ0) is 14.1. The third kappa shape index (κ3) is 2.98. The Morgan fingerprint density at radius 1 is 1.21 bits per heavy atom. The summed E-state index contributed by atoms with van der Waals surface area (Å²) in [6.45, 7) is 0.736. The third-order valence-corrected chi connectivity index (χ3v) is 3.86. The highest BCUT2D eigenvalue weighted by atomic mass is 79.9. The number of alkyl halides is 3. The summed E-state index contributed by atoms with van der Waals surface area (Å²) in [6, 6.07) is 6.36. The van der Waals surface area contributed by atoms with Crippen molar-refractivity contribution in [3.8, 4) is 0 Å². The lowest BCUT2D eigenvalue weighted by atomic mass is 9.98. The number of carbonyl (C=O) groups excluding carboxylic acids is 1. The number of halogens is 4. The van der Waals surface area contributed by atoms with E-state index in [9.17, 15) is 18.0 Å². The van der Waals surface area contributed by atoms with E-state index in [0.29, 0.717) is 18.7 Å². The van der Waals surface area contributed by atoms with E-state index in [1.165, 1.54) is 22.8 Å². The molecule has 1 aromatic rings. The Kier molecular flexibility index (Phi) is 3.98. The number of Topliss-reactive ketones (excluding diaryl/α,β-unsaturated/α-hetero) is 1. The molecule has 1 fully saturated rings. The molecule has 1 aliphatic rings. The van der Waals surface area contributed by atoms with Crippen LogP contribution in [0.1, 0.15) is 16.8 Å². The van der Waals surface area contributed by atoms with E-state index in [2.05, 4.69) is 15.9 Å². The molecule has 0 atom stereocenters. The van der Waals surface area contributed by atoms with Crippen LogP contribution in [0.15, 0.2) is 28.7 Å². The van der Waals surface area contributed by atoms with Crippen LogP contribution >= 0.6 is 15.9 Å². The van der Waals surface area contributed by atoms with Crippen molar-refractivity contribution in [2.75, 3.05) is 13.1 Å². The smallest absolute Gasteiger partial charge is 0.294 e. The van der Waals surface area contributed by atoms with Crippen LogP contribution in [0.4, 0.5) is 13.2 Å². The Morgan fingerprint density at radius 2 is 1.74 bits per heavy atom. The van der Waals surface area contributed by atoms with Crippen molar-refractivity contribution in [2.45, 2.75) is 18.3 Å². The van der Waals surface area contributed by atoms with E-state index in [1.54, 1.807) is 12.1 Å². The van der Waals surface area contributed by atoms with Crippen LogP contribution in [-0.4, -0.2) is 30.7 Å². The second kappa shape index (κ2) is 5.22. The first-order valence-electron chi connectivity index (χ1n) is 5.88. The van der Waals surface area contributed by atoms with Gasteiger partial charge in [-0.2, -0.15) is 13.2 Å². The topological polar surface area (TPSA) is 50.3 Å². The van der Waals surface area contributed by atoms with Gasteiger partial charge < -0.3 is 0 Å². The Bertz CT molecular complexity index is 467. The van der Waals surface area contributed by atoms with Crippen molar-refractivity contribution in [3.05, 3.63) is 34.3 Å². The summed E-state index contributed by atoms with van der Waals surface area (Å²) in [5, 5.41) is 2.42. The molecule has 0 amide bonds. The summed E-state index contributed by atoms with van der Waals surface area (Å²) < 4.78 is 40.2. The molecule has 4 N–H and O–H groups in total. The van der Waals surface area contributed by atoms with Gasteiger partial charge in [-0.05, 0) is 12.1 Å². The van der Waals surface area contributed by atoms with Gasteiger partial charge >= 0.3 is 11.8 Å². The van der Waals surface area contributed by atoms with Gasteiger partial charge in [-0.1, -0.05) is 28.1 Å². The Labute approximate surface area is 116 Å². The fourth-order valence-corrected chi connectivity index (χ4v) is 2.51. The summed E-state index contributed by atoms with van der Waals surface area (Å²) in [6.07, 6.45) is -4.95. The summed E-state index contributed by atoms with van der Waals surface area (Å²) in [7, 11) is 0. The molecule has 2 rings (SSSR count). The molecule has 1 saturated heterocycles. The molecular weight excluding hydrogens is 325 g/mol. The second-order valence-corrected chi connectivity index (χ2v) is 5.55. The van der Waals surface area contributed by atoms with Gasteiger partial charge in [-0.25, -0.2) is 0 Å². The fourth-order valence-electron chi connectivity index (χ4n) is 2.24. The maximum atomic E-state index is 13.1. The molecule has 0 bridgehead atoms. The van der Waals surface area contributed by atoms with E-state index < -0.39 is 24.0 Å². The first-order chi connectivity index (χ1) is 8.84. The van der Waals surface area contributed by atoms with E-state index in [0.717, 1.165) is 4.47 Å². The molecule has 7 heteroatoms. The van der Waals surface area contributed by atoms with Gasteiger partial charge in [0.1, 0.15) is 19.5 Å². The SMILES string of the molecule is O=C(CC1(C(F)(F)F)[NH2+]CC[NH2+]1)c1ccc(Br)cc1. The summed E-state index contributed by atoms with van der Waals surface area (Å²) in [4.78, 5) is 12.0. The normalized spacial score (nSPS) is 18.5. The molecule has 0 aliphatic carbocycles. The van der Waals surface area contributed by atoms with Crippen molar-refractivity contribution >= 4 is 21.7 Å². The second-order valence-electron chi connectivity index (χ2n) is 4.63. The van der Waals surface area contributed by atoms with Gasteiger partial charge in [0.2, 0.25) is 0 Å². The molecule has 104 valence electrons. The Balaban J connectivity index is 2.18. The number of hydrogen-bond acceptors (Lipinski definition) is 1. The van der Waals surface area contributed by atoms with E-state index in [1.807, 2.05) is 0 Å². The first-order valence-corrected chi connectivity index (χ1v) is 6.68. The third-order valence-electron chi connectivity index (χ3n) is 3.33. The zero-order valence-corrected chi connectivity index (χ0v) is 11.6. The highest BCUT2D eigenvalue weighted by Gasteiger charge is 2.65. The number of nitrogens with two attached hydrogens (primary N) is 2. The summed E-state index contributed by atoms with van der Waals surface area (Å²) in [5.41, 5.74) is -1.75. The Hall–Kier alpha value is -0.920.